The second-order valence-corrected chi connectivity index (χ2v) is 4.35. The molecule has 0 radical (unpaired) electrons. The molecule has 1 rings (SSSR count). The largest absolute Gasteiger partial charge is 0.573 e. The van der Waals surface area contributed by atoms with Crippen molar-refractivity contribution in [2.24, 2.45) is 0 Å². The number of nitro benzene ring substituents is 1. The van der Waals surface area contributed by atoms with Crippen molar-refractivity contribution >= 4 is 28.3 Å². The molecule has 0 aliphatic carbocycles. The van der Waals surface area contributed by atoms with E-state index < -0.39 is 34.5 Å². The molecule has 0 spiro atoms. The maximum Gasteiger partial charge on any atom is 0.573 e. The summed E-state index contributed by atoms with van der Waals surface area (Å²) in [6.07, 6.45) is -10.7. The monoisotopic (exact) mass is 401 g/mol. The van der Waals surface area contributed by atoms with Gasteiger partial charge in [0, 0.05) is 9.64 Å². The average molecular weight is 401 g/mol. The van der Waals surface area contributed by atoms with E-state index in [-0.39, 0.29) is 3.57 Å². The molecule has 0 saturated carbocycles. The zero-order valence-electron chi connectivity index (χ0n) is 8.47. The molecule has 4 nitrogen and oxygen atoms in total. The van der Waals surface area contributed by atoms with E-state index in [4.69, 9.17) is 0 Å². The van der Waals surface area contributed by atoms with Gasteiger partial charge in [-0.2, -0.15) is 13.2 Å². The fourth-order valence-electron chi connectivity index (χ4n) is 1.20. The standard InChI is InChI=1S/C8H2F6INO3/c9-7(10,11)6-4(16(17)18)1-3(15)2-5(6)19-8(12,13)14/h1-2H. The Morgan fingerprint density at radius 2 is 1.68 bits per heavy atom. The van der Waals surface area contributed by atoms with Gasteiger partial charge in [0.1, 0.15) is 5.75 Å². The summed E-state index contributed by atoms with van der Waals surface area (Å²) in [6.45, 7) is 0. The summed E-state index contributed by atoms with van der Waals surface area (Å²) in [4.78, 5) is 9.08. The third-order valence-electron chi connectivity index (χ3n) is 1.75. The van der Waals surface area contributed by atoms with E-state index in [0.717, 1.165) is 0 Å². The van der Waals surface area contributed by atoms with Crippen LogP contribution in [0, 0.1) is 13.7 Å². The second-order valence-electron chi connectivity index (χ2n) is 3.10. The highest BCUT2D eigenvalue weighted by molar-refractivity contribution is 14.1. The quantitative estimate of drug-likeness (QED) is 0.325. The Bertz CT molecular complexity index is 512. The van der Waals surface area contributed by atoms with Gasteiger partial charge in [-0.3, -0.25) is 10.1 Å². The number of halogens is 7. The van der Waals surface area contributed by atoms with Crippen LogP contribution < -0.4 is 4.74 Å². The van der Waals surface area contributed by atoms with Crippen LogP contribution in [0.5, 0.6) is 5.75 Å². The van der Waals surface area contributed by atoms with Crippen LogP contribution >= 0.6 is 22.6 Å². The summed E-state index contributed by atoms with van der Waals surface area (Å²) in [5.41, 5.74) is -3.58. The van der Waals surface area contributed by atoms with Gasteiger partial charge in [-0.1, -0.05) is 0 Å². The van der Waals surface area contributed by atoms with Gasteiger partial charge in [-0.25, -0.2) is 0 Å². The Balaban J connectivity index is 3.56. The van der Waals surface area contributed by atoms with Gasteiger partial charge in [0.15, 0.2) is 5.56 Å². The highest BCUT2D eigenvalue weighted by Gasteiger charge is 2.45. The fourth-order valence-corrected chi connectivity index (χ4v) is 1.78. The van der Waals surface area contributed by atoms with Crippen LogP contribution in [-0.4, -0.2) is 11.3 Å². The molecule has 19 heavy (non-hydrogen) atoms. The maximum atomic E-state index is 12.6. The molecule has 0 N–H and O–H groups in total. The molecule has 0 saturated heterocycles. The zero-order chi connectivity index (χ0) is 15.0. The predicted molar refractivity (Wildman–Crippen MR) is 57.5 cm³/mol. The van der Waals surface area contributed by atoms with Crippen LogP contribution in [0.15, 0.2) is 12.1 Å². The van der Waals surface area contributed by atoms with Gasteiger partial charge >= 0.3 is 12.5 Å². The van der Waals surface area contributed by atoms with Gasteiger partial charge in [0.25, 0.3) is 5.69 Å². The van der Waals surface area contributed by atoms with Crippen molar-refractivity contribution in [3.63, 3.8) is 0 Å². The Kier molecular flexibility index (Phi) is 4.17. The lowest BCUT2D eigenvalue weighted by atomic mass is 10.1. The number of benzene rings is 1. The lowest BCUT2D eigenvalue weighted by molar-refractivity contribution is -0.388. The number of ether oxygens (including phenoxy) is 1. The van der Waals surface area contributed by atoms with E-state index in [1.54, 1.807) is 0 Å². The van der Waals surface area contributed by atoms with Gasteiger partial charge in [-0.15, -0.1) is 13.2 Å². The highest BCUT2D eigenvalue weighted by atomic mass is 127. The molecule has 0 heterocycles. The van der Waals surface area contributed by atoms with Gasteiger partial charge in [0.2, 0.25) is 0 Å². The number of alkyl halides is 6. The molecule has 0 fully saturated rings. The van der Waals surface area contributed by atoms with E-state index in [1.807, 2.05) is 0 Å². The molecular weight excluding hydrogens is 399 g/mol. The van der Waals surface area contributed by atoms with Crippen LogP contribution in [0.1, 0.15) is 5.56 Å². The maximum absolute atomic E-state index is 12.6. The number of hydrogen-bond acceptors (Lipinski definition) is 3. The Hall–Kier alpha value is -1.27. The van der Waals surface area contributed by atoms with Crippen molar-refractivity contribution in [1.29, 1.82) is 0 Å². The molecule has 0 aliphatic rings. The SMILES string of the molecule is O=[N+]([O-])c1cc(I)cc(OC(F)(F)F)c1C(F)(F)F. The summed E-state index contributed by atoms with van der Waals surface area (Å²) in [5.74, 6) is -1.65. The number of hydrogen-bond donors (Lipinski definition) is 0. The molecule has 106 valence electrons. The third kappa shape index (κ3) is 4.11. The van der Waals surface area contributed by atoms with Crippen molar-refractivity contribution in [3.05, 3.63) is 31.4 Å². The lowest BCUT2D eigenvalue weighted by Crippen LogP contribution is -2.21. The Morgan fingerprint density at radius 1 is 1.16 bits per heavy atom. The second kappa shape index (κ2) is 5.02. The minimum absolute atomic E-state index is 0.198. The lowest BCUT2D eigenvalue weighted by Gasteiger charge is -2.15. The molecule has 1 aromatic carbocycles. The molecule has 0 atom stereocenters. The molecule has 1 aromatic rings. The Labute approximate surface area is 114 Å². The molecule has 0 bridgehead atoms. The summed E-state index contributed by atoms with van der Waals surface area (Å²) >= 11 is 1.34. The summed E-state index contributed by atoms with van der Waals surface area (Å²) < 4.78 is 76.9. The van der Waals surface area contributed by atoms with E-state index in [9.17, 15) is 36.5 Å². The minimum Gasteiger partial charge on any atom is -0.405 e. The third-order valence-corrected chi connectivity index (χ3v) is 2.37. The first-order chi connectivity index (χ1) is 8.42. The molecular formula is C8H2F6INO3. The van der Waals surface area contributed by atoms with Crippen molar-refractivity contribution < 1.29 is 36.0 Å². The highest BCUT2D eigenvalue weighted by Crippen LogP contribution is 2.44. The smallest absolute Gasteiger partial charge is 0.405 e. The van der Waals surface area contributed by atoms with E-state index in [0.29, 0.717) is 12.1 Å². The van der Waals surface area contributed by atoms with E-state index >= 15 is 0 Å². The van der Waals surface area contributed by atoms with Gasteiger partial charge in [0.05, 0.1) is 4.92 Å². The van der Waals surface area contributed by atoms with Crippen LogP contribution in [0.3, 0.4) is 0 Å². The molecule has 0 unspecified atom stereocenters. The van der Waals surface area contributed by atoms with Crippen molar-refractivity contribution in [2.45, 2.75) is 12.5 Å². The van der Waals surface area contributed by atoms with Gasteiger partial charge in [-0.05, 0) is 28.7 Å². The summed E-state index contributed by atoms with van der Waals surface area (Å²) in [5, 5.41) is 10.5. The average Bonchev–Trinajstić information content (AvgIpc) is 2.10. The summed E-state index contributed by atoms with van der Waals surface area (Å²) in [7, 11) is 0. The first kappa shape index (κ1) is 15.8. The van der Waals surface area contributed by atoms with Gasteiger partial charge < -0.3 is 4.74 Å². The van der Waals surface area contributed by atoms with Crippen LogP contribution in [0.25, 0.3) is 0 Å². The van der Waals surface area contributed by atoms with Crippen LogP contribution in [-0.2, 0) is 6.18 Å². The van der Waals surface area contributed by atoms with Crippen molar-refractivity contribution in [1.82, 2.24) is 0 Å². The van der Waals surface area contributed by atoms with Crippen molar-refractivity contribution in [2.75, 3.05) is 0 Å². The zero-order valence-corrected chi connectivity index (χ0v) is 10.6. The van der Waals surface area contributed by atoms with E-state index in [1.165, 1.54) is 22.6 Å². The summed E-state index contributed by atoms with van der Waals surface area (Å²) in [6, 6.07) is 0.927. The normalized spacial score (nSPS) is 12.4. The predicted octanol–water partition coefficient (Wildman–Crippen LogP) is 4.12. The minimum atomic E-state index is -5.39. The Morgan fingerprint density at radius 3 is 2.05 bits per heavy atom. The first-order valence-corrected chi connectivity index (χ1v) is 5.30. The van der Waals surface area contributed by atoms with E-state index in [2.05, 4.69) is 4.74 Å². The van der Waals surface area contributed by atoms with Crippen LogP contribution in [0.2, 0.25) is 0 Å². The first-order valence-electron chi connectivity index (χ1n) is 4.22. The molecule has 0 amide bonds. The fraction of sp³-hybridized carbons (Fsp3) is 0.250. The molecule has 0 aromatic heterocycles. The molecule has 0 aliphatic heterocycles. The molecule has 11 heteroatoms. The number of nitro groups is 1. The number of nitrogens with zero attached hydrogens (tertiary/aromatic N) is 1. The topological polar surface area (TPSA) is 52.4 Å². The van der Waals surface area contributed by atoms with Crippen molar-refractivity contribution in [3.8, 4) is 5.75 Å². The van der Waals surface area contributed by atoms with Crippen LogP contribution in [0.4, 0.5) is 32.0 Å². The number of rotatable bonds is 2.